The van der Waals surface area contributed by atoms with Gasteiger partial charge in [-0.3, -0.25) is 4.57 Å². The number of para-hydroxylation sites is 2. The molecule has 290 valence electrons. The van der Waals surface area contributed by atoms with Gasteiger partial charge in [-0.2, -0.15) is 0 Å². The highest BCUT2D eigenvalue weighted by Crippen LogP contribution is 2.40. The van der Waals surface area contributed by atoms with Gasteiger partial charge in [0.05, 0.1) is 33.5 Å². The van der Waals surface area contributed by atoms with Gasteiger partial charge in [-0.25, -0.2) is 9.97 Å². The van der Waals surface area contributed by atoms with Gasteiger partial charge in [0.25, 0.3) is 0 Å². The van der Waals surface area contributed by atoms with Crippen molar-refractivity contribution in [3.63, 3.8) is 0 Å². The van der Waals surface area contributed by atoms with Crippen LogP contribution in [-0.2, 0) is 0 Å². The lowest BCUT2D eigenvalue weighted by atomic mass is 9.98. The van der Waals surface area contributed by atoms with E-state index in [1.165, 1.54) is 38.5 Å². The van der Waals surface area contributed by atoms with Gasteiger partial charge in [-0.1, -0.05) is 176 Å². The van der Waals surface area contributed by atoms with Gasteiger partial charge < -0.3 is 4.57 Å². The summed E-state index contributed by atoms with van der Waals surface area (Å²) >= 11 is 0. The summed E-state index contributed by atoms with van der Waals surface area (Å²) in [7, 11) is 0. The van der Waals surface area contributed by atoms with E-state index in [1.54, 1.807) is 0 Å². The van der Waals surface area contributed by atoms with Crippen LogP contribution in [0.2, 0.25) is 0 Å². The molecule has 0 atom stereocenters. The average Bonchev–Trinajstić information content (AvgIpc) is 3.87. The minimum absolute atomic E-state index is 0.639. The molecular weight excluding hydrogens is 753 g/mol. The number of nitrogens with zero attached hydrogens (tertiary/aromatic N) is 4. The van der Waals surface area contributed by atoms with Crippen molar-refractivity contribution in [3.8, 4) is 67.5 Å². The topological polar surface area (TPSA) is 35.6 Å². The molecule has 0 N–H and O–H groups in total. The molecule has 12 aromatic rings. The third kappa shape index (κ3) is 6.08. The third-order valence-electron chi connectivity index (χ3n) is 12.1. The number of hydrogen-bond donors (Lipinski definition) is 0. The molecule has 0 radical (unpaired) electrons. The second kappa shape index (κ2) is 14.7. The highest BCUT2D eigenvalue weighted by molar-refractivity contribution is 6.12. The zero-order valence-electron chi connectivity index (χ0n) is 33.7. The number of fused-ring (bicyclic) bond motifs is 6. The van der Waals surface area contributed by atoms with E-state index in [2.05, 4.69) is 228 Å². The zero-order valence-corrected chi connectivity index (χ0v) is 33.7. The molecule has 0 spiro atoms. The smallest absolute Gasteiger partial charge is 0.235 e. The maximum absolute atomic E-state index is 5.28. The van der Waals surface area contributed by atoms with Crippen LogP contribution in [-0.4, -0.2) is 19.1 Å². The first-order valence-corrected chi connectivity index (χ1v) is 21.1. The molecule has 3 aromatic heterocycles. The van der Waals surface area contributed by atoms with Crippen molar-refractivity contribution in [2.45, 2.75) is 0 Å². The van der Waals surface area contributed by atoms with Crippen molar-refractivity contribution >= 4 is 43.6 Å². The van der Waals surface area contributed by atoms with Gasteiger partial charge in [0.2, 0.25) is 5.95 Å². The van der Waals surface area contributed by atoms with Crippen LogP contribution in [0.5, 0.6) is 0 Å². The lowest BCUT2D eigenvalue weighted by molar-refractivity contribution is 0.996. The van der Waals surface area contributed by atoms with Crippen LogP contribution in [0.1, 0.15) is 0 Å². The van der Waals surface area contributed by atoms with Crippen molar-refractivity contribution in [2.24, 2.45) is 0 Å². The predicted molar refractivity (Wildman–Crippen MR) is 258 cm³/mol. The van der Waals surface area contributed by atoms with Gasteiger partial charge >= 0.3 is 0 Å². The summed E-state index contributed by atoms with van der Waals surface area (Å²) in [6.07, 6.45) is 0. The van der Waals surface area contributed by atoms with Crippen LogP contribution >= 0.6 is 0 Å². The molecule has 0 saturated carbocycles. The van der Waals surface area contributed by atoms with Gasteiger partial charge in [0, 0.05) is 38.4 Å². The summed E-state index contributed by atoms with van der Waals surface area (Å²) in [4.78, 5) is 10.6. The highest BCUT2D eigenvalue weighted by Gasteiger charge is 2.19. The molecule has 0 aliphatic rings. The normalized spacial score (nSPS) is 11.5. The fourth-order valence-electron chi connectivity index (χ4n) is 9.18. The maximum atomic E-state index is 5.28. The summed E-state index contributed by atoms with van der Waals surface area (Å²) in [5.41, 5.74) is 16.4. The monoisotopic (exact) mass is 790 g/mol. The Kier molecular flexibility index (Phi) is 8.46. The minimum atomic E-state index is 0.639. The fourth-order valence-corrected chi connectivity index (χ4v) is 9.18. The molecule has 4 nitrogen and oxygen atoms in total. The van der Waals surface area contributed by atoms with Crippen LogP contribution in [0.3, 0.4) is 0 Å². The van der Waals surface area contributed by atoms with Gasteiger partial charge in [-0.15, -0.1) is 0 Å². The van der Waals surface area contributed by atoms with Crippen LogP contribution < -0.4 is 0 Å². The van der Waals surface area contributed by atoms with Crippen LogP contribution in [0.15, 0.2) is 231 Å². The molecule has 3 heterocycles. The lowest BCUT2D eigenvalue weighted by Crippen LogP contribution is -2.04. The zero-order chi connectivity index (χ0) is 41.0. The molecule has 62 heavy (non-hydrogen) atoms. The Morgan fingerprint density at radius 1 is 0.242 bits per heavy atom. The Hall–Kier alpha value is -8.34. The Morgan fingerprint density at radius 2 is 0.677 bits per heavy atom. The van der Waals surface area contributed by atoms with E-state index in [0.29, 0.717) is 5.95 Å². The standard InChI is InChI=1S/C58H38N4/c1-5-17-39(18-6-1)45-33-46(40-19-7-2-8-20-40)35-47(34-45)61-54-27-15-14-26-49(54)51-36-43(30-32-56(51)61)44-29-31-50-48-25-13-16-28-55(48)62(57(50)37-44)58-59-52(41-21-9-3-10-22-41)38-53(60-58)42-23-11-4-12-24-42/h1-38H. The first-order valence-electron chi connectivity index (χ1n) is 21.1. The Balaban J connectivity index is 1.05. The number of benzene rings is 9. The van der Waals surface area contributed by atoms with E-state index in [0.717, 1.165) is 66.7 Å². The van der Waals surface area contributed by atoms with E-state index in [9.17, 15) is 0 Å². The molecule has 12 rings (SSSR count). The summed E-state index contributed by atoms with van der Waals surface area (Å²) in [6, 6.07) is 82.3. The van der Waals surface area contributed by atoms with E-state index in [-0.39, 0.29) is 0 Å². The second-order valence-electron chi connectivity index (χ2n) is 15.8. The highest BCUT2D eigenvalue weighted by atomic mass is 15.2. The second-order valence-corrected chi connectivity index (χ2v) is 15.8. The molecule has 0 unspecified atom stereocenters. The van der Waals surface area contributed by atoms with Crippen molar-refractivity contribution in [1.82, 2.24) is 19.1 Å². The molecule has 0 bridgehead atoms. The van der Waals surface area contributed by atoms with Crippen molar-refractivity contribution in [3.05, 3.63) is 231 Å². The van der Waals surface area contributed by atoms with E-state index >= 15 is 0 Å². The molecule has 9 aromatic carbocycles. The molecule has 0 amide bonds. The molecule has 4 heteroatoms. The van der Waals surface area contributed by atoms with Gasteiger partial charge in [0.1, 0.15) is 0 Å². The third-order valence-corrected chi connectivity index (χ3v) is 12.1. The van der Waals surface area contributed by atoms with Crippen molar-refractivity contribution < 1.29 is 0 Å². The molecule has 0 saturated heterocycles. The maximum Gasteiger partial charge on any atom is 0.235 e. The van der Waals surface area contributed by atoms with Crippen molar-refractivity contribution in [1.29, 1.82) is 0 Å². The number of aromatic nitrogens is 4. The predicted octanol–water partition coefficient (Wildman–Crippen LogP) is 15.0. The van der Waals surface area contributed by atoms with E-state index < -0.39 is 0 Å². The quantitative estimate of drug-likeness (QED) is 0.161. The van der Waals surface area contributed by atoms with Gasteiger partial charge in [-0.05, 0) is 88.0 Å². The van der Waals surface area contributed by atoms with Crippen molar-refractivity contribution in [2.75, 3.05) is 0 Å². The minimum Gasteiger partial charge on any atom is -0.309 e. The van der Waals surface area contributed by atoms with Crippen LogP contribution in [0.4, 0.5) is 0 Å². The summed E-state index contributed by atoms with van der Waals surface area (Å²) in [5.74, 6) is 0.639. The Morgan fingerprint density at radius 3 is 1.26 bits per heavy atom. The van der Waals surface area contributed by atoms with E-state index in [4.69, 9.17) is 9.97 Å². The largest absolute Gasteiger partial charge is 0.309 e. The fraction of sp³-hybridized carbons (Fsp3) is 0. The number of rotatable bonds is 7. The molecular formula is C58H38N4. The summed E-state index contributed by atoms with van der Waals surface area (Å²) in [5, 5.41) is 4.74. The Labute approximate surface area is 359 Å². The average molecular weight is 791 g/mol. The van der Waals surface area contributed by atoms with Gasteiger partial charge in [0.15, 0.2) is 0 Å². The molecule has 0 fully saturated rings. The SMILES string of the molecule is c1ccc(-c2cc(-c3ccccc3)cc(-n3c4ccccc4c4cc(-c5ccc6c7ccccc7n(-c7nc(-c8ccccc8)cc(-c8ccccc8)n7)c6c5)ccc43)c2)cc1. The first kappa shape index (κ1) is 35.6. The van der Waals surface area contributed by atoms with Crippen LogP contribution in [0, 0.1) is 0 Å². The number of hydrogen-bond acceptors (Lipinski definition) is 2. The lowest BCUT2D eigenvalue weighted by Gasteiger charge is -2.14. The molecule has 0 aliphatic carbocycles. The summed E-state index contributed by atoms with van der Waals surface area (Å²) < 4.78 is 4.66. The van der Waals surface area contributed by atoms with E-state index in [1.807, 2.05) is 12.1 Å². The Bertz CT molecular complexity index is 3490. The van der Waals surface area contributed by atoms with Crippen LogP contribution in [0.25, 0.3) is 111 Å². The summed E-state index contributed by atoms with van der Waals surface area (Å²) in [6.45, 7) is 0. The first-order chi connectivity index (χ1) is 30.7. The molecule has 0 aliphatic heterocycles.